The highest BCUT2D eigenvalue weighted by Gasteiger charge is 2.26. The second-order valence-corrected chi connectivity index (χ2v) is 5.52. The number of carboxylic acids is 1. The van der Waals surface area contributed by atoms with E-state index in [0.717, 1.165) is 0 Å². The fourth-order valence-electron chi connectivity index (χ4n) is 1.28. The third-order valence-corrected chi connectivity index (χ3v) is 3.46. The van der Waals surface area contributed by atoms with Gasteiger partial charge in [0.25, 0.3) is 0 Å². The van der Waals surface area contributed by atoms with Gasteiger partial charge >= 0.3 is 5.97 Å². The van der Waals surface area contributed by atoms with Crippen LogP contribution in [0.4, 0.5) is 0 Å². The van der Waals surface area contributed by atoms with Gasteiger partial charge in [0.15, 0.2) is 0 Å². The van der Waals surface area contributed by atoms with Crippen LogP contribution in [0.25, 0.3) is 0 Å². The highest BCUT2D eigenvalue weighted by molar-refractivity contribution is 7.89. The summed E-state index contributed by atoms with van der Waals surface area (Å²) in [5.41, 5.74) is 0.269. The smallest absolute Gasteiger partial charge is 0.326 e. The van der Waals surface area contributed by atoms with E-state index in [1.165, 1.54) is 24.2 Å². The van der Waals surface area contributed by atoms with E-state index in [2.05, 4.69) is 14.6 Å². The second-order valence-electron chi connectivity index (χ2n) is 3.65. The Morgan fingerprint density at radius 3 is 2.78 bits per heavy atom. The molecule has 8 nitrogen and oxygen atoms in total. The van der Waals surface area contributed by atoms with Crippen LogP contribution in [-0.4, -0.2) is 48.7 Å². The number of aromatic nitrogens is 2. The zero-order chi connectivity index (χ0) is 13.8. The Morgan fingerprint density at radius 2 is 2.33 bits per heavy atom. The van der Waals surface area contributed by atoms with Gasteiger partial charge in [-0.2, -0.15) is 9.82 Å². The van der Waals surface area contributed by atoms with E-state index < -0.39 is 22.0 Å². The van der Waals surface area contributed by atoms with Crippen LogP contribution in [0.3, 0.4) is 0 Å². The van der Waals surface area contributed by atoms with E-state index >= 15 is 0 Å². The van der Waals surface area contributed by atoms with E-state index in [0.29, 0.717) is 0 Å². The molecule has 0 aliphatic heterocycles. The Hall–Kier alpha value is -1.45. The van der Waals surface area contributed by atoms with Crippen molar-refractivity contribution in [3.63, 3.8) is 0 Å². The van der Waals surface area contributed by atoms with Crippen molar-refractivity contribution in [2.75, 3.05) is 19.5 Å². The lowest BCUT2D eigenvalue weighted by atomic mass is 10.2. The molecule has 0 aliphatic rings. The van der Waals surface area contributed by atoms with Crippen molar-refractivity contribution in [2.45, 2.75) is 6.04 Å². The first-order valence-electron chi connectivity index (χ1n) is 5.06. The van der Waals surface area contributed by atoms with Crippen LogP contribution in [0.1, 0.15) is 11.6 Å². The molecule has 9 heteroatoms. The molecule has 0 fully saturated rings. The number of aliphatic carboxylic acids is 1. The summed E-state index contributed by atoms with van der Waals surface area (Å²) in [6.07, 6.45) is 2.75. The third kappa shape index (κ3) is 4.09. The fourth-order valence-corrected chi connectivity index (χ4v) is 2.38. The maximum absolute atomic E-state index is 11.6. The summed E-state index contributed by atoms with van der Waals surface area (Å²) in [6, 6.07) is -1.35. The lowest BCUT2D eigenvalue weighted by Crippen LogP contribution is -2.36. The zero-order valence-electron chi connectivity index (χ0n) is 10.0. The Balaban J connectivity index is 2.85. The minimum absolute atomic E-state index is 0.00525. The number of methoxy groups -OCH3 is 1. The van der Waals surface area contributed by atoms with E-state index in [4.69, 9.17) is 5.11 Å². The standard InChI is InChI=1S/C9H15N3O5S/c1-12-6-7(5-10-12)8(9(13)14)11-18(15,16)4-3-17-2/h5-6,8,11H,3-4H2,1-2H3,(H,13,14). The van der Waals surface area contributed by atoms with Crippen molar-refractivity contribution >= 4 is 16.0 Å². The molecular formula is C9H15N3O5S. The van der Waals surface area contributed by atoms with Crippen LogP contribution in [0.5, 0.6) is 0 Å². The summed E-state index contributed by atoms with van der Waals surface area (Å²) < 4.78 is 31.3. The number of carboxylic acid groups (broad SMARTS) is 1. The predicted molar refractivity (Wildman–Crippen MR) is 62.4 cm³/mol. The highest BCUT2D eigenvalue weighted by Crippen LogP contribution is 2.13. The van der Waals surface area contributed by atoms with Gasteiger partial charge in [-0.3, -0.25) is 9.48 Å². The van der Waals surface area contributed by atoms with Crippen molar-refractivity contribution in [3.8, 4) is 0 Å². The van der Waals surface area contributed by atoms with Gasteiger partial charge in [-0.25, -0.2) is 8.42 Å². The van der Waals surface area contributed by atoms with Crippen molar-refractivity contribution in [2.24, 2.45) is 7.05 Å². The minimum Gasteiger partial charge on any atom is -0.480 e. The molecule has 0 saturated heterocycles. The molecule has 2 N–H and O–H groups in total. The van der Waals surface area contributed by atoms with Gasteiger partial charge in [-0.15, -0.1) is 0 Å². The zero-order valence-corrected chi connectivity index (χ0v) is 10.8. The molecule has 0 saturated carbocycles. The molecule has 1 rings (SSSR count). The largest absolute Gasteiger partial charge is 0.480 e. The Kier molecular flexibility index (Phi) is 4.82. The van der Waals surface area contributed by atoms with E-state index in [-0.39, 0.29) is 17.9 Å². The Labute approximate surface area is 105 Å². The molecular weight excluding hydrogens is 262 g/mol. The monoisotopic (exact) mass is 277 g/mol. The summed E-state index contributed by atoms with van der Waals surface area (Å²) in [7, 11) is -0.740. The van der Waals surface area contributed by atoms with Gasteiger partial charge < -0.3 is 9.84 Å². The SMILES string of the molecule is COCCS(=O)(=O)NC(C(=O)O)c1cnn(C)c1. The van der Waals surface area contributed by atoms with Crippen LogP contribution in [0, 0.1) is 0 Å². The number of sulfonamides is 1. The van der Waals surface area contributed by atoms with Crippen LogP contribution < -0.4 is 4.72 Å². The number of aryl methyl sites for hydroxylation is 1. The Bertz CT molecular complexity index is 510. The molecule has 102 valence electrons. The number of ether oxygens (including phenoxy) is 1. The predicted octanol–water partition coefficient (Wildman–Crippen LogP) is -0.888. The fraction of sp³-hybridized carbons (Fsp3) is 0.556. The number of rotatable bonds is 7. The van der Waals surface area contributed by atoms with Crippen molar-refractivity contribution in [3.05, 3.63) is 18.0 Å². The van der Waals surface area contributed by atoms with E-state index in [1.54, 1.807) is 7.05 Å². The lowest BCUT2D eigenvalue weighted by Gasteiger charge is -2.12. The molecule has 1 atom stereocenters. The van der Waals surface area contributed by atoms with Crippen LogP contribution in [0.15, 0.2) is 12.4 Å². The molecule has 0 amide bonds. The number of nitrogens with zero attached hydrogens (tertiary/aromatic N) is 2. The summed E-state index contributed by atoms with van der Waals surface area (Å²) in [4.78, 5) is 11.1. The second kappa shape index (κ2) is 5.94. The van der Waals surface area contributed by atoms with Crippen LogP contribution in [0.2, 0.25) is 0 Å². The molecule has 18 heavy (non-hydrogen) atoms. The maximum Gasteiger partial charge on any atom is 0.326 e. The van der Waals surface area contributed by atoms with Gasteiger partial charge in [0, 0.05) is 25.9 Å². The van der Waals surface area contributed by atoms with Gasteiger partial charge in [0.05, 0.1) is 18.6 Å². The third-order valence-electron chi connectivity index (χ3n) is 2.16. The van der Waals surface area contributed by atoms with Crippen molar-refractivity contribution in [1.29, 1.82) is 0 Å². The van der Waals surface area contributed by atoms with Gasteiger partial charge in [-0.05, 0) is 0 Å². The number of hydrogen-bond donors (Lipinski definition) is 2. The molecule has 1 aromatic rings. The van der Waals surface area contributed by atoms with Crippen molar-refractivity contribution in [1.82, 2.24) is 14.5 Å². The molecule has 0 spiro atoms. The summed E-state index contributed by atoms with van der Waals surface area (Å²) >= 11 is 0. The number of hydrogen-bond acceptors (Lipinski definition) is 5. The maximum atomic E-state index is 11.6. The average Bonchev–Trinajstić information content (AvgIpc) is 2.69. The van der Waals surface area contributed by atoms with Gasteiger partial charge in [0.2, 0.25) is 10.0 Å². The molecule has 0 aromatic carbocycles. The molecule has 1 unspecified atom stereocenters. The minimum atomic E-state index is -3.72. The molecule has 0 aliphatic carbocycles. The molecule has 0 radical (unpaired) electrons. The molecule has 1 aromatic heterocycles. The summed E-state index contributed by atoms with van der Waals surface area (Å²) in [5, 5.41) is 12.8. The van der Waals surface area contributed by atoms with Crippen LogP contribution in [-0.2, 0) is 26.6 Å². The Morgan fingerprint density at radius 1 is 1.67 bits per heavy atom. The first kappa shape index (κ1) is 14.6. The van der Waals surface area contributed by atoms with Gasteiger partial charge in [0.1, 0.15) is 6.04 Å². The topological polar surface area (TPSA) is 111 Å². The van der Waals surface area contributed by atoms with E-state index in [1.807, 2.05) is 0 Å². The van der Waals surface area contributed by atoms with E-state index in [9.17, 15) is 13.2 Å². The van der Waals surface area contributed by atoms with Crippen LogP contribution >= 0.6 is 0 Å². The highest BCUT2D eigenvalue weighted by atomic mass is 32.2. The first-order chi connectivity index (χ1) is 8.35. The molecule has 1 heterocycles. The summed E-state index contributed by atoms with van der Waals surface area (Å²) in [6.45, 7) is -0.00525. The first-order valence-corrected chi connectivity index (χ1v) is 6.71. The number of carbonyl (C=O) groups is 1. The lowest BCUT2D eigenvalue weighted by molar-refractivity contribution is -0.139. The quantitative estimate of drug-likeness (QED) is 0.669. The van der Waals surface area contributed by atoms with Crippen molar-refractivity contribution < 1.29 is 23.1 Å². The molecule has 0 bridgehead atoms. The normalized spacial score (nSPS) is 13.4. The number of nitrogens with one attached hydrogen (secondary N) is 1. The average molecular weight is 277 g/mol. The summed E-state index contributed by atoms with van der Waals surface area (Å²) in [5.74, 6) is -1.59. The van der Waals surface area contributed by atoms with Gasteiger partial charge in [-0.1, -0.05) is 0 Å².